The van der Waals surface area contributed by atoms with Crippen molar-refractivity contribution in [1.82, 2.24) is 14.9 Å². The predicted octanol–water partition coefficient (Wildman–Crippen LogP) is 6.07. The van der Waals surface area contributed by atoms with Crippen LogP contribution in [0.4, 0.5) is 5.69 Å². The third kappa shape index (κ3) is 8.45. The van der Waals surface area contributed by atoms with Crippen LogP contribution in [0.1, 0.15) is 53.3 Å². The number of benzene rings is 2. The lowest BCUT2D eigenvalue weighted by Gasteiger charge is -2.25. The van der Waals surface area contributed by atoms with Crippen molar-refractivity contribution in [2.75, 3.05) is 31.3 Å². The molecule has 1 unspecified atom stereocenters. The predicted molar refractivity (Wildman–Crippen MR) is 152 cm³/mol. The van der Waals surface area contributed by atoms with Gasteiger partial charge in [0, 0.05) is 48.9 Å². The van der Waals surface area contributed by atoms with E-state index < -0.39 is 0 Å². The molecule has 8 heteroatoms. The fourth-order valence-corrected chi connectivity index (χ4v) is 4.37. The van der Waals surface area contributed by atoms with Crippen LogP contribution >= 0.6 is 11.6 Å². The largest absolute Gasteiger partial charge is 0.492 e. The number of nitrogens with zero attached hydrogens (tertiary/aromatic N) is 3. The van der Waals surface area contributed by atoms with Crippen LogP contribution in [0.3, 0.4) is 0 Å². The van der Waals surface area contributed by atoms with Crippen molar-refractivity contribution < 1.29 is 14.3 Å². The van der Waals surface area contributed by atoms with Gasteiger partial charge in [-0.25, -0.2) is 4.98 Å². The van der Waals surface area contributed by atoms with E-state index >= 15 is 0 Å². The zero-order valence-electron chi connectivity index (χ0n) is 22.8. The van der Waals surface area contributed by atoms with E-state index in [-0.39, 0.29) is 17.9 Å². The van der Waals surface area contributed by atoms with Crippen LogP contribution in [0.2, 0.25) is 5.02 Å². The van der Waals surface area contributed by atoms with Gasteiger partial charge >= 0.3 is 0 Å². The van der Waals surface area contributed by atoms with Gasteiger partial charge in [0.15, 0.2) is 0 Å². The highest BCUT2D eigenvalue weighted by Gasteiger charge is 2.22. The second kappa shape index (κ2) is 14.4. The molecule has 0 aliphatic carbocycles. The molecule has 0 aliphatic rings. The Morgan fingerprint density at radius 1 is 1.16 bits per heavy atom. The monoisotopic (exact) mass is 528 g/mol. The van der Waals surface area contributed by atoms with Crippen LogP contribution in [0.15, 0.2) is 42.5 Å². The first-order valence-corrected chi connectivity index (χ1v) is 13.7. The number of halogens is 1. The Kier molecular flexibility index (Phi) is 11.2. The van der Waals surface area contributed by atoms with E-state index in [1.807, 2.05) is 54.3 Å². The van der Waals surface area contributed by atoms with E-state index in [9.17, 15) is 4.79 Å². The van der Waals surface area contributed by atoms with Crippen molar-refractivity contribution in [3.63, 3.8) is 0 Å². The molecule has 37 heavy (non-hydrogen) atoms. The van der Waals surface area contributed by atoms with Gasteiger partial charge < -0.3 is 24.3 Å². The number of fused-ring (bicyclic) bond motifs is 1. The Morgan fingerprint density at radius 2 is 1.97 bits per heavy atom. The maximum absolute atomic E-state index is 13.5. The highest BCUT2D eigenvalue weighted by molar-refractivity contribution is 6.31. The molecular formula is C29H41ClN4O3. The number of aromatic nitrogens is 2. The number of amides is 1. The Morgan fingerprint density at radius 3 is 2.70 bits per heavy atom. The SMILES string of the molecule is CCCn1c(CN(C(=O)CC(C)C)c2cccc(OCC(C)NCCOCC)c2)nc2ccc(Cl)cc21. The molecule has 0 spiro atoms. The summed E-state index contributed by atoms with van der Waals surface area (Å²) in [4.78, 5) is 20.2. The van der Waals surface area contributed by atoms with Crippen molar-refractivity contribution in [1.29, 1.82) is 0 Å². The minimum atomic E-state index is 0.0613. The van der Waals surface area contributed by atoms with E-state index in [2.05, 4.69) is 37.6 Å². The highest BCUT2D eigenvalue weighted by atomic mass is 35.5. The summed E-state index contributed by atoms with van der Waals surface area (Å²) >= 11 is 6.29. The van der Waals surface area contributed by atoms with Gasteiger partial charge in [-0.2, -0.15) is 0 Å². The minimum Gasteiger partial charge on any atom is -0.492 e. The standard InChI is InChI=1S/C29H41ClN4O3/c1-6-14-33-27-17-23(30)11-12-26(27)32-28(33)19-34(29(35)16-21(3)4)24-9-8-10-25(18-24)37-20-22(5)31-13-15-36-7-2/h8-12,17-18,21-22,31H,6-7,13-16,19-20H2,1-5H3. The van der Waals surface area contributed by atoms with E-state index in [1.165, 1.54) is 0 Å². The van der Waals surface area contributed by atoms with Crippen LogP contribution in [0.5, 0.6) is 5.75 Å². The number of hydrogen-bond donors (Lipinski definition) is 1. The smallest absolute Gasteiger partial charge is 0.227 e. The van der Waals surface area contributed by atoms with E-state index in [0.29, 0.717) is 37.8 Å². The average molecular weight is 529 g/mol. The number of hydrogen-bond acceptors (Lipinski definition) is 5. The molecule has 202 valence electrons. The van der Waals surface area contributed by atoms with Gasteiger partial charge in [-0.05, 0) is 56.5 Å². The van der Waals surface area contributed by atoms with Gasteiger partial charge in [-0.1, -0.05) is 38.4 Å². The lowest BCUT2D eigenvalue weighted by atomic mass is 10.1. The number of aryl methyl sites for hydroxylation is 1. The summed E-state index contributed by atoms with van der Waals surface area (Å²) in [6, 6.07) is 13.7. The summed E-state index contributed by atoms with van der Waals surface area (Å²) in [5.41, 5.74) is 2.67. The van der Waals surface area contributed by atoms with Gasteiger partial charge in [-0.15, -0.1) is 0 Å². The molecular weight excluding hydrogens is 488 g/mol. The lowest BCUT2D eigenvalue weighted by Crippen LogP contribution is -2.34. The van der Waals surface area contributed by atoms with Crippen molar-refractivity contribution in [3.05, 3.63) is 53.3 Å². The molecule has 0 saturated heterocycles. The number of carbonyl (C=O) groups is 1. The fourth-order valence-electron chi connectivity index (χ4n) is 4.21. The first kappa shape index (κ1) is 29.0. The Balaban J connectivity index is 1.83. The molecule has 7 nitrogen and oxygen atoms in total. The molecule has 0 radical (unpaired) electrons. The van der Waals surface area contributed by atoms with Crippen LogP contribution in [0.25, 0.3) is 11.0 Å². The van der Waals surface area contributed by atoms with Gasteiger partial charge in [0.25, 0.3) is 0 Å². The fraction of sp³-hybridized carbons (Fsp3) is 0.517. The molecule has 3 aromatic rings. The molecule has 0 fully saturated rings. The van der Waals surface area contributed by atoms with Crippen LogP contribution in [-0.4, -0.2) is 47.9 Å². The van der Waals surface area contributed by atoms with Crippen LogP contribution in [0, 0.1) is 5.92 Å². The van der Waals surface area contributed by atoms with Crippen molar-refractivity contribution >= 4 is 34.2 Å². The Labute approximate surface area is 226 Å². The minimum absolute atomic E-state index is 0.0613. The molecule has 1 amide bonds. The molecule has 1 heterocycles. The normalized spacial score (nSPS) is 12.3. The Hall–Kier alpha value is -2.61. The topological polar surface area (TPSA) is 68.6 Å². The quantitative estimate of drug-likeness (QED) is 0.242. The van der Waals surface area contributed by atoms with Crippen LogP contribution < -0.4 is 15.0 Å². The number of imidazole rings is 1. The molecule has 1 N–H and O–H groups in total. The molecule has 1 atom stereocenters. The summed E-state index contributed by atoms with van der Waals surface area (Å²) in [6.45, 7) is 14.2. The third-order valence-electron chi connectivity index (χ3n) is 5.99. The molecule has 0 aliphatic heterocycles. The van der Waals surface area contributed by atoms with E-state index in [4.69, 9.17) is 26.1 Å². The average Bonchev–Trinajstić information content (AvgIpc) is 3.20. The zero-order chi connectivity index (χ0) is 26.8. The number of carbonyl (C=O) groups excluding carboxylic acids is 1. The maximum Gasteiger partial charge on any atom is 0.227 e. The van der Waals surface area contributed by atoms with Crippen molar-refractivity contribution in [2.45, 2.75) is 66.6 Å². The summed E-state index contributed by atoms with van der Waals surface area (Å²) in [5.74, 6) is 1.87. The second-order valence-corrected chi connectivity index (χ2v) is 10.2. The van der Waals surface area contributed by atoms with E-state index in [0.717, 1.165) is 47.8 Å². The van der Waals surface area contributed by atoms with Gasteiger partial charge in [0.2, 0.25) is 5.91 Å². The number of rotatable bonds is 15. The van der Waals surface area contributed by atoms with Gasteiger partial charge in [0.1, 0.15) is 18.2 Å². The number of nitrogens with one attached hydrogen (secondary N) is 1. The second-order valence-electron chi connectivity index (χ2n) is 9.75. The summed E-state index contributed by atoms with van der Waals surface area (Å²) in [5, 5.41) is 4.07. The molecule has 0 bridgehead atoms. The molecule has 0 saturated carbocycles. The first-order chi connectivity index (χ1) is 17.8. The molecule has 1 aromatic heterocycles. The molecule has 3 rings (SSSR count). The van der Waals surface area contributed by atoms with Crippen molar-refractivity contribution in [3.8, 4) is 5.75 Å². The maximum atomic E-state index is 13.5. The van der Waals surface area contributed by atoms with E-state index in [1.54, 1.807) is 0 Å². The van der Waals surface area contributed by atoms with Crippen LogP contribution in [-0.2, 0) is 22.6 Å². The summed E-state index contributed by atoms with van der Waals surface area (Å²) in [6.07, 6.45) is 1.40. The third-order valence-corrected chi connectivity index (χ3v) is 6.23. The van der Waals surface area contributed by atoms with Gasteiger partial charge in [0.05, 0.1) is 24.2 Å². The summed E-state index contributed by atoms with van der Waals surface area (Å²) < 4.78 is 13.6. The zero-order valence-corrected chi connectivity index (χ0v) is 23.6. The number of ether oxygens (including phenoxy) is 2. The lowest BCUT2D eigenvalue weighted by molar-refractivity contribution is -0.119. The highest BCUT2D eigenvalue weighted by Crippen LogP contribution is 2.27. The summed E-state index contributed by atoms with van der Waals surface area (Å²) in [7, 11) is 0. The Bertz CT molecular complexity index is 1150. The number of anilines is 1. The first-order valence-electron chi connectivity index (χ1n) is 13.3. The van der Waals surface area contributed by atoms with Gasteiger partial charge in [-0.3, -0.25) is 4.79 Å². The van der Waals surface area contributed by atoms with Crippen molar-refractivity contribution in [2.24, 2.45) is 5.92 Å². The molecule has 2 aromatic carbocycles.